The highest BCUT2D eigenvalue weighted by molar-refractivity contribution is 8.18. The van der Waals surface area contributed by atoms with Crippen LogP contribution in [0.3, 0.4) is 0 Å². The number of amides is 2. The van der Waals surface area contributed by atoms with Gasteiger partial charge in [-0.15, -0.1) is 0 Å². The Kier molecular flexibility index (Phi) is 7.03. The molecule has 2 aromatic rings. The van der Waals surface area contributed by atoms with E-state index in [-0.39, 0.29) is 10.5 Å². The van der Waals surface area contributed by atoms with Crippen molar-refractivity contribution in [3.63, 3.8) is 0 Å². The zero-order valence-electron chi connectivity index (χ0n) is 16.8. The smallest absolute Gasteiger partial charge is 0.295 e. The van der Waals surface area contributed by atoms with Crippen molar-refractivity contribution in [3.8, 4) is 0 Å². The number of benzene rings is 2. The number of halogens is 4. The lowest BCUT2D eigenvalue weighted by Crippen LogP contribution is -2.61. The van der Waals surface area contributed by atoms with Gasteiger partial charge in [-0.3, -0.25) is 14.5 Å². The highest BCUT2D eigenvalue weighted by Crippen LogP contribution is 2.42. The van der Waals surface area contributed by atoms with E-state index in [1.807, 2.05) is 35.2 Å². The molecule has 2 heterocycles. The summed E-state index contributed by atoms with van der Waals surface area (Å²) in [6.45, 7) is 2.26. The maximum atomic E-state index is 14.0. The van der Waals surface area contributed by atoms with E-state index < -0.39 is 26.9 Å². The van der Waals surface area contributed by atoms with Crippen molar-refractivity contribution in [2.75, 3.05) is 31.1 Å². The monoisotopic (exact) mass is 513 g/mol. The second kappa shape index (κ2) is 9.61. The molecule has 2 aromatic carbocycles. The summed E-state index contributed by atoms with van der Waals surface area (Å²) in [7, 11) is 0. The lowest BCUT2D eigenvalue weighted by atomic mass is 10.2. The van der Waals surface area contributed by atoms with Crippen LogP contribution in [0.15, 0.2) is 59.5 Å². The predicted molar refractivity (Wildman–Crippen MR) is 129 cm³/mol. The summed E-state index contributed by atoms with van der Waals surface area (Å²) in [5.74, 6) is -1.10. The van der Waals surface area contributed by atoms with E-state index in [9.17, 15) is 14.0 Å². The molecule has 4 rings (SSSR count). The Bertz CT molecular complexity index is 1040. The van der Waals surface area contributed by atoms with E-state index in [1.165, 1.54) is 18.2 Å². The third kappa shape index (κ3) is 4.92. The number of hydrogen-bond donors (Lipinski definition) is 0. The molecule has 2 amide bonds. The van der Waals surface area contributed by atoms with E-state index in [1.54, 1.807) is 12.1 Å². The largest absolute Gasteiger partial charge is 0.369 e. The van der Waals surface area contributed by atoms with E-state index in [4.69, 9.17) is 34.8 Å². The molecular weight excluding hydrogens is 496 g/mol. The van der Waals surface area contributed by atoms with Crippen LogP contribution in [0.2, 0.25) is 0 Å². The molecule has 168 valence electrons. The highest BCUT2D eigenvalue weighted by atomic mass is 35.6. The van der Waals surface area contributed by atoms with Crippen LogP contribution < -0.4 is 4.90 Å². The number of para-hydroxylation sites is 1. The minimum absolute atomic E-state index is 0.0854. The SMILES string of the molecule is O=C1S/C(=C\c2ccccc2F)C(=O)N1C(N1CCN(c2ccccc2)CC1)C(Cl)(Cl)Cl. The number of carbonyl (C=O) groups is 2. The topological polar surface area (TPSA) is 43.9 Å². The lowest BCUT2D eigenvalue weighted by molar-refractivity contribution is -0.127. The van der Waals surface area contributed by atoms with Crippen LogP contribution >= 0.6 is 46.6 Å². The van der Waals surface area contributed by atoms with Crippen molar-refractivity contribution in [2.45, 2.75) is 9.96 Å². The molecule has 2 fully saturated rings. The number of hydrogen-bond acceptors (Lipinski definition) is 5. The number of nitrogens with zero attached hydrogens (tertiary/aromatic N) is 3. The Morgan fingerprint density at radius 2 is 1.56 bits per heavy atom. The van der Waals surface area contributed by atoms with Crippen LogP contribution in [0.4, 0.5) is 14.9 Å². The molecule has 32 heavy (non-hydrogen) atoms. The molecule has 0 spiro atoms. The standard InChI is InChI=1S/C22H19Cl3FN3O2S/c23-22(24,25)20(28-12-10-27(11-13-28)16-7-2-1-3-8-16)29-19(30)18(32-21(29)31)14-15-6-4-5-9-17(15)26/h1-9,14,20H,10-13H2/b18-14-. The van der Waals surface area contributed by atoms with Gasteiger partial charge in [-0.2, -0.15) is 0 Å². The fraction of sp³-hybridized carbons (Fsp3) is 0.273. The average Bonchev–Trinajstić information content (AvgIpc) is 3.03. The molecule has 1 unspecified atom stereocenters. The Hall–Kier alpha value is -1.77. The minimum Gasteiger partial charge on any atom is -0.369 e. The van der Waals surface area contributed by atoms with Gasteiger partial charge in [-0.05, 0) is 36.0 Å². The fourth-order valence-electron chi connectivity index (χ4n) is 3.80. The van der Waals surface area contributed by atoms with E-state index in [0.717, 1.165) is 10.6 Å². The van der Waals surface area contributed by atoms with Gasteiger partial charge in [0.05, 0.1) is 4.91 Å². The van der Waals surface area contributed by atoms with E-state index in [0.29, 0.717) is 37.9 Å². The zero-order chi connectivity index (χ0) is 22.9. The molecule has 2 aliphatic rings. The first-order valence-electron chi connectivity index (χ1n) is 9.88. The first-order chi connectivity index (χ1) is 15.3. The number of rotatable bonds is 4. The Labute approximate surface area is 204 Å². The summed E-state index contributed by atoms with van der Waals surface area (Å²) in [5.41, 5.74) is 1.29. The Morgan fingerprint density at radius 3 is 2.19 bits per heavy atom. The van der Waals surface area contributed by atoms with Gasteiger partial charge in [0.2, 0.25) is 3.79 Å². The van der Waals surface area contributed by atoms with Gasteiger partial charge < -0.3 is 4.90 Å². The molecule has 0 aromatic heterocycles. The maximum absolute atomic E-state index is 14.0. The molecule has 5 nitrogen and oxygen atoms in total. The molecule has 1 atom stereocenters. The molecule has 0 N–H and O–H groups in total. The summed E-state index contributed by atoms with van der Waals surface area (Å²) in [6, 6.07) is 15.9. The molecule has 0 radical (unpaired) electrons. The number of imide groups is 1. The van der Waals surface area contributed by atoms with Gasteiger partial charge in [-0.25, -0.2) is 9.29 Å². The zero-order valence-corrected chi connectivity index (χ0v) is 19.8. The van der Waals surface area contributed by atoms with Gasteiger partial charge in [0.25, 0.3) is 11.1 Å². The van der Waals surface area contributed by atoms with Crippen molar-refractivity contribution in [1.29, 1.82) is 0 Å². The fourth-order valence-corrected chi connectivity index (χ4v) is 5.35. The third-order valence-electron chi connectivity index (χ3n) is 5.33. The normalized spacial score (nSPS) is 20.3. The highest BCUT2D eigenvalue weighted by Gasteiger charge is 2.51. The lowest BCUT2D eigenvalue weighted by Gasteiger charge is -2.44. The maximum Gasteiger partial charge on any atom is 0.295 e. The van der Waals surface area contributed by atoms with Crippen molar-refractivity contribution in [1.82, 2.24) is 9.80 Å². The van der Waals surface area contributed by atoms with Crippen molar-refractivity contribution in [2.24, 2.45) is 0 Å². The molecule has 2 aliphatic heterocycles. The molecule has 10 heteroatoms. The number of anilines is 1. The van der Waals surface area contributed by atoms with Crippen LogP contribution in [-0.4, -0.2) is 57.1 Å². The van der Waals surface area contributed by atoms with Crippen LogP contribution in [0, 0.1) is 5.82 Å². The van der Waals surface area contributed by atoms with Crippen molar-refractivity contribution >= 4 is 69.5 Å². The second-order valence-electron chi connectivity index (χ2n) is 7.35. The number of alkyl halides is 3. The predicted octanol–water partition coefficient (Wildman–Crippen LogP) is 5.38. The van der Waals surface area contributed by atoms with Crippen molar-refractivity contribution in [3.05, 3.63) is 70.9 Å². The summed E-state index contributed by atoms with van der Waals surface area (Å²) in [5, 5.41) is -0.556. The molecular formula is C22H19Cl3FN3O2S. The van der Waals surface area contributed by atoms with Crippen LogP contribution in [0.1, 0.15) is 5.56 Å². The first-order valence-corrected chi connectivity index (χ1v) is 11.8. The summed E-state index contributed by atoms with van der Waals surface area (Å²) in [6.07, 6.45) is 0.271. The molecule has 0 aliphatic carbocycles. The first kappa shape index (κ1) is 23.4. The van der Waals surface area contributed by atoms with E-state index in [2.05, 4.69) is 4.90 Å². The molecule has 0 bridgehead atoms. The second-order valence-corrected chi connectivity index (χ2v) is 10.7. The van der Waals surface area contributed by atoms with Crippen LogP contribution in [0.25, 0.3) is 6.08 Å². The van der Waals surface area contributed by atoms with Crippen LogP contribution in [0.5, 0.6) is 0 Å². The summed E-state index contributed by atoms with van der Waals surface area (Å²) in [4.78, 5) is 31.0. The molecule has 0 saturated carbocycles. The Balaban J connectivity index is 1.56. The van der Waals surface area contributed by atoms with Gasteiger partial charge in [-0.1, -0.05) is 71.2 Å². The number of carbonyl (C=O) groups excluding carboxylic acids is 2. The van der Waals surface area contributed by atoms with Gasteiger partial charge in [0.15, 0.2) is 0 Å². The average molecular weight is 515 g/mol. The molecule has 2 saturated heterocycles. The Morgan fingerprint density at radius 1 is 0.938 bits per heavy atom. The van der Waals surface area contributed by atoms with Gasteiger partial charge >= 0.3 is 0 Å². The van der Waals surface area contributed by atoms with Crippen LogP contribution in [-0.2, 0) is 4.79 Å². The number of thioether (sulfide) groups is 1. The van der Waals surface area contributed by atoms with Gasteiger partial charge in [0, 0.05) is 37.4 Å². The quantitative estimate of drug-likeness (QED) is 0.405. The minimum atomic E-state index is -1.92. The van der Waals surface area contributed by atoms with Gasteiger partial charge in [0.1, 0.15) is 12.0 Å². The third-order valence-corrected chi connectivity index (χ3v) is 6.80. The number of piperazine rings is 1. The summed E-state index contributed by atoms with van der Waals surface area (Å²) >= 11 is 19.5. The summed E-state index contributed by atoms with van der Waals surface area (Å²) < 4.78 is 12.1. The van der Waals surface area contributed by atoms with Crippen molar-refractivity contribution < 1.29 is 14.0 Å². The van der Waals surface area contributed by atoms with E-state index >= 15 is 0 Å².